The van der Waals surface area contributed by atoms with E-state index >= 15 is 0 Å². The molecule has 3 aromatic rings. The van der Waals surface area contributed by atoms with E-state index in [0.29, 0.717) is 10.4 Å². The molecule has 3 aromatic carbocycles. The van der Waals surface area contributed by atoms with Crippen LogP contribution in [0.3, 0.4) is 0 Å². The first-order valence-electron chi connectivity index (χ1n) is 11.2. The molecule has 0 saturated heterocycles. The molecule has 0 fully saturated rings. The van der Waals surface area contributed by atoms with Crippen molar-refractivity contribution < 1.29 is 0 Å². The summed E-state index contributed by atoms with van der Waals surface area (Å²) < 4.78 is 0. The first-order chi connectivity index (χ1) is 15.1. The molecule has 5 rings (SSSR count). The van der Waals surface area contributed by atoms with Gasteiger partial charge in [-0.2, -0.15) is 0 Å². The molecule has 2 atom stereocenters. The van der Waals surface area contributed by atoms with Crippen LogP contribution >= 0.6 is 0 Å². The summed E-state index contributed by atoms with van der Waals surface area (Å²) in [4.78, 5) is 30.6. The van der Waals surface area contributed by atoms with Gasteiger partial charge in [-0.1, -0.05) is 64.1 Å². The van der Waals surface area contributed by atoms with Crippen LogP contribution < -0.4 is 31.1 Å². The monoisotopic (exact) mass is 426 g/mol. The van der Waals surface area contributed by atoms with E-state index in [9.17, 15) is 9.59 Å². The molecule has 0 spiro atoms. The van der Waals surface area contributed by atoms with Gasteiger partial charge in [0.1, 0.15) is 0 Å². The summed E-state index contributed by atoms with van der Waals surface area (Å²) >= 11 is 0. The highest BCUT2D eigenvalue weighted by atomic mass is 16.1. The molecule has 2 unspecified atom stereocenters. The average Bonchev–Trinajstić information content (AvgIpc) is 3.09. The van der Waals surface area contributed by atoms with Crippen LogP contribution in [0.4, 0.5) is 11.4 Å². The first-order valence-corrected chi connectivity index (χ1v) is 11.2. The van der Waals surface area contributed by atoms with Crippen LogP contribution in [0.15, 0.2) is 58.1 Å². The minimum Gasteiger partial charge on any atom is -0.367 e. The number of anilines is 2. The molecule has 4 heteroatoms. The van der Waals surface area contributed by atoms with Gasteiger partial charge in [-0.15, -0.1) is 0 Å². The third kappa shape index (κ3) is 2.62. The van der Waals surface area contributed by atoms with Gasteiger partial charge in [0.05, 0.1) is 22.5 Å². The lowest BCUT2D eigenvalue weighted by Crippen LogP contribution is -2.66. The zero-order valence-corrected chi connectivity index (χ0v) is 19.6. The van der Waals surface area contributed by atoms with Crippen molar-refractivity contribution in [1.82, 2.24) is 0 Å². The molecule has 32 heavy (non-hydrogen) atoms. The third-order valence-corrected chi connectivity index (χ3v) is 7.90. The van der Waals surface area contributed by atoms with Gasteiger partial charge in [0.2, 0.25) is 0 Å². The molecule has 0 bridgehead atoms. The van der Waals surface area contributed by atoms with Crippen molar-refractivity contribution in [1.29, 1.82) is 0 Å². The molecule has 2 heterocycles. The van der Waals surface area contributed by atoms with Gasteiger partial charge < -0.3 is 9.80 Å². The molecular weight excluding hydrogens is 396 g/mol. The largest absolute Gasteiger partial charge is 0.367 e. The molecular formula is C28H30N2O2. The van der Waals surface area contributed by atoms with Crippen molar-refractivity contribution in [3.05, 3.63) is 90.5 Å². The average molecular weight is 427 g/mol. The maximum atomic E-state index is 13.1. The Morgan fingerprint density at radius 3 is 1.34 bits per heavy atom. The van der Waals surface area contributed by atoms with E-state index in [1.807, 2.05) is 50.5 Å². The zero-order chi connectivity index (χ0) is 23.0. The van der Waals surface area contributed by atoms with E-state index in [1.54, 1.807) is 0 Å². The summed E-state index contributed by atoms with van der Waals surface area (Å²) in [6, 6.07) is 16.5. The highest BCUT2D eigenvalue weighted by Gasteiger charge is 2.43. The number of fused-ring (bicyclic) bond motifs is 2. The first kappa shape index (κ1) is 20.7. The Kier molecular flexibility index (Phi) is 4.33. The molecule has 4 nitrogen and oxygen atoms in total. The molecule has 2 aliphatic rings. The topological polar surface area (TPSA) is 40.6 Å². The van der Waals surface area contributed by atoms with Crippen molar-refractivity contribution in [2.75, 3.05) is 23.9 Å². The van der Waals surface area contributed by atoms with Crippen LogP contribution in [-0.4, -0.2) is 26.2 Å². The lowest BCUT2D eigenvalue weighted by Gasteiger charge is -2.30. The summed E-state index contributed by atoms with van der Waals surface area (Å²) in [5.41, 5.74) is 4.16. The number of benzene rings is 2. The van der Waals surface area contributed by atoms with E-state index < -0.39 is 0 Å². The zero-order valence-electron chi connectivity index (χ0n) is 19.6. The highest BCUT2D eigenvalue weighted by molar-refractivity contribution is 5.70. The molecule has 0 radical (unpaired) electrons. The van der Waals surface area contributed by atoms with E-state index in [2.05, 4.69) is 61.8 Å². The summed E-state index contributed by atoms with van der Waals surface area (Å²) in [5.74, 6) is 0. The number of hydrogen-bond acceptors (Lipinski definition) is 4. The Hall–Kier alpha value is -3.14. The Morgan fingerprint density at radius 1 is 0.656 bits per heavy atom. The fourth-order valence-electron chi connectivity index (χ4n) is 5.93. The van der Waals surface area contributed by atoms with Gasteiger partial charge in [0.25, 0.3) is 0 Å². The predicted octanol–water partition coefficient (Wildman–Crippen LogP) is 2.44. The van der Waals surface area contributed by atoms with Crippen LogP contribution in [0.2, 0.25) is 0 Å². The second-order valence-corrected chi connectivity index (χ2v) is 10.4. The Balaban J connectivity index is 1.57. The highest BCUT2D eigenvalue weighted by Crippen LogP contribution is 2.45. The van der Waals surface area contributed by atoms with Gasteiger partial charge in [-0.3, -0.25) is 9.59 Å². The summed E-state index contributed by atoms with van der Waals surface area (Å²) in [5, 5.41) is 0.648. The smallest absolute Gasteiger partial charge is 0.200 e. The third-order valence-electron chi connectivity index (χ3n) is 7.90. The second kappa shape index (κ2) is 6.68. The van der Waals surface area contributed by atoms with Crippen molar-refractivity contribution >= 4 is 23.5 Å². The minimum absolute atomic E-state index is 0.0424. The molecule has 0 aromatic heterocycles. The van der Waals surface area contributed by atoms with Crippen molar-refractivity contribution in [3.63, 3.8) is 0 Å². The van der Waals surface area contributed by atoms with Crippen molar-refractivity contribution in [2.45, 2.75) is 50.6 Å². The molecule has 0 saturated carbocycles. The van der Waals surface area contributed by atoms with E-state index in [-0.39, 0.29) is 33.8 Å². The Labute approximate surface area is 188 Å². The van der Waals surface area contributed by atoms with Gasteiger partial charge in [0.15, 0.2) is 10.9 Å². The Bertz CT molecular complexity index is 1290. The number of likely N-dealkylation sites (N-methyl/N-ethyl adjacent to an activating group) is 2. The van der Waals surface area contributed by atoms with Crippen molar-refractivity contribution in [2.24, 2.45) is 0 Å². The fraction of sp³-hybridized carbons (Fsp3) is 0.357. The van der Waals surface area contributed by atoms with E-state index in [4.69, 9.17) is 0 Å². The van der Waals surface area contributed by atoms with Gasteiger partial charge >= 0.3 is 0 Å². The lowest BCUT2D eigenvalue weighted by molar-refractivity contribution is 0.503. The normalized spacial score (nSPS) is 22.7. The van der Waals surface area contributed by atoms with Crippen LogP contribution in [0.25, 0.3) is 12.2 Å². The van der Waals surface area contributed by atoms with Gasteiger partial charge in [-0.25, -0.2) is 0 Å². The van der Waals surface area contributed by atoms with Crippen LogP contribution in [-0.2, 0) is 10.8 Å². The SMILES string of the molecule is CN1c2ccccc2C(C)(C)C1C=c1c(=O)c(=CC2N(C)c3ccccc3C2(C)C)c1=O. The number of hydrogen-bond donors (Lipinski definition) is 0. The predicted molar refractivity (Wildman–Crippen MR) is 133 cm³/mol. The molecule has 0 N–H and O–H groups in total. The lowest BCUT2D eigenvalue weighted by atomic mass is 9.79. The summed E-state index contributed by atoms with van der Waals surface area (Å²) in [7, 11) is 4.07. The van der Waals surface area contributed by atoms with Crippen LogP contribution in [0.1, 0.15) is 38.8 Å². The van der Waals surface area contributed by atoms with Crippen LogP contribution in [0, 0.1) is 0 Å². The van der Waals surface area contributed by atoms with Crippen LogP contribution in [0.5, 0.6) is 0 Å². The maximum absolute atomic E-state index is 13.1. The van der Waals surface area contributed by atoms with Gasteiger partial charge in [-0.05, 0) is 35.4 Å². The number of rotatable bonds is 2. The molecule has 0 amide bonds. The molecule has 0 aliphatic carbocycles. The van der Waals surface area contributed by atoms with Crippen molar-refractivity contribution in [3.8, 4) is 0 Å². The standard InChI is InChI=1S/C28H30N2O2/c1-27(2)19-11-7-9-13-21(19)29(5)23(27)15-17-25(31)18(26(17)32)16-24-28(3,4)20-12-8-10-14-22(20)30(24)6/h7-16,23-24H,1-6H3. The summed E-state index contributed by atoms with van der Waals surface area (Å²) in [6.45, 7) is 8.70. The second-order valence-electron chi connectivity index (χ2n) is 10.4. The number of para-hydroxylation sites is 2. The minimum atomic E-state index is -0.187. The quantitative estimate of drug-likeness (QED) is 0.631. The van der Waals surface area contributed by atoms with Gasteiger partial charge in [0, 0.05) is 36.3 Å². The summed E-state index contributed by atoms with van der Waals surface area (Å²) in [6.07, 6.45) is 3.78. The van der Waals surface area contributed by atoms with E-state index in [0.717, 1.165) is 11.4 Å². The maximum Gasteiger partial charge on any atom is 0.200 e. The van der Waals surface area contributed by atoms with E-state index in [1.165, 1.54) is 11.1 Å². The molecule has 2 aliphatic heterocycles. The Morgan fingerprint density at radius 2 is 1.00 bits per heavy atom. The number of nitrogens with zero attached hydrogens (tertiary/aromatic N) is 2. The molecule has 164 valence electrons. The fourth-order valence-corrected chi connectivity index (χ4v) is 5.93.